The third kappa shape index (κ3) is 32.8. The van der Waals surface area contributed by atoms with Crippen molar-refractivity contribution in [2.75, 3.05) is 19.6 Å². The molecule has 3 heteroatoms. The first-order valence-electron chi connectivity index (χ1n) is 20.6. The van der Waals surface area contributed by atoms with Gasteiger partial charge in [-0.1, -0.05) is 182 Å². The van der Waals surface area contributed by atoms with Gasteiger partial charge in [0.1, 0.15) is 6.10 Å². The van der Waals surface area contributed by atoms with Crippen molar-refractivity contribution in [3.8, 4) is 0 Å². The zero-order valence-corrected chi connectivity index (χ0v) is 31.1. The topological polar surface area (TPSA) is 29.5 Å². The Morgan fingerprint density at radius 3 is 1.11 bits per heavy atom. The zero-order valence-electron chi connectivity index (χ0n) is 31.1. The standard InChI is InChI=1S/C41H83NO2/c1-5-9-12-15-18-19-20-21-22-23-28-33-38-42(8-4)39-34-29-24-27-32-37-41(43)44-40(35-30-25-16-13-10-6-2)36-31-26-17-14-11-7-3/h40H,5-39H2,1-4H3. The Hall–Kier alpha value is -0.570. The number of unbranched alkanes of at least 4 members (excludes halogenated alkanes) is 25. The normalized spacial score (nSPS) is 11.7. The minimum Gasteiger partial charge on any atom is -0.462 e. The van der Waals surface area contributed by atoms with Crippen LogP contribution in [0, 0.1) is 0 Å². The smallest absolute Gasteiger partial charge is 0.306 e. The molecule has 0 saturated heterocycles. The number of nitrogens with zero attached hydrogens (tertiary/aromatic N) is 1. The number of ether oxygens (including phenoxy) is 1. The number of hydrogen-bond acceptors (Lipinski definition) is 3. The predicted molar refractivity (Wildman–Crippen MR) is 197 cm³/mol. The van der Waals surface area contributed by atoms with Crippen molar-refractivity contribution < 1.29 is 9.53 Å². The summed E-state index contributed by atoms with van der Waals surface area (Å²) in [7, 11) is 0. The summed E-state index contributed by atoms with van der Waals surface area (Å²) in [6.07, 6.45) is 41.7. The van der Waals surface area contributed by atoms with Crippen LogP contribution >= 0.6 is 0 Å². The first-order chi connectivity index (χ1) is 21.7. The summed E-state index contributed by atoms with van der Waals surface area (Å²) >= 11 is 0. The van der Waals surface area contributed by atoms with Crippen molar-refractivity contribution in [3.05, 3.63) is 0 Å². The second-order valence-electron chi connectivity index (χ2n) is 14.1. The van der Waals surface area contributed by atoms with Crippen molar-refractivity contribution in [1.29, 1.82) is 0 Å². The summed E-state index contributed by atoms with van der Waals surface area (Å²) in [4.78, 5) is 15.3. The van der Waals surface area contributed by atoms with Crippen LogP contribution in [0.2, 0.25) is 0 Å². The van der Waals surface area contributed by atoms with Gasteiger partial charge in [0.15, 0.2) is 0 Å². The Balaban J connectivity index is 3.86. The van der Waals surface area contributed by atoms with Crippen molar-refractivity contribution in [2.45, 2.75) is 239 Å². The quantitative estimate of drug-likeness (QED) is 0.0510. The summed E-state index contributed by atoms with van der Waals surface area (Å²) in [5.74, 6) is 0.0616. The minimum atomic E-state index is 0.0616. The highest BCUT2D eigenvalue weighted by molar-refractivity contribution is 5.69. The van der Waals surface area contributed by atoms with Gasteiger partial charge < -0.3 is 9.64 Å². The van der Waals surface area contributed by atoms with Gasteiger partial charge in [0, 0.05) is 6.42 Å². The largest absolute Gasteiger partial charge is 0.462 e. The van der Waals surface area contributed by atoms with Crippen LogP contribution in [0.25, 0.3) is 0 Å². The van der Waals surface area contributed by atoms with E-state index in [1.54, 1.807) is 0 Å². The lowest BCUT2D eigenvalue weighted by Crippen LogP contribution is -2.25. The molecule has 0 aliphatic heterocycles. The molecule has 0 aromatic carbocycles. The van der Waals surface area contributed by atoms with Gasteiger partial charge in [0.25, 0.3) is 0 Å². The van der Waals surface area contributed by atoms with E-state index in [9.17, 15) is 4.79 Å². The van der Waals surface area contributed by atoms with Crippen LogP contribution in [-0.2, 0) is 9.53 Å². The molecule has 0 heterocycles. The first-order valence-corrected chi connectivity index (χ1v) is 20.6. The van der Waals surface area contributed by atoms with Crippen LogP contribution < -0.4 is 0 Å². The van der Waals surface area contributed by atoms with Gasteiger partial charge in [0.05, 0.1) is 0 Å². The SMILES string of the molecule is CCCCCCCCCCCCCCN(CC)CCCCCCCC(=O)OC(CCCCCCCC)CCCCCCCC. The van der Waals surface area contributed by atoms with E-state index in [1.165, 1.54) is 199 Å². The van der Waals surface area contributed by atoms with E-state index in [-0.39, 0.29) is 12.1 Å². The molecule has 0 rings (SSSR count). The van der Waals surface area contributed by atoms with Crippen molar-refractivity contribution >= 4 is 5.97 Å². The van der Waals surface area contributed by atoms with E-state index in [4.69, 9.17) is 4.74 Å². The number of rotatable bonds is 37. The summed E-state index contributed by atoms with van der Waals surface area (Å²) in [5.41, 5.74) is 0. The molecular formula is C41H83NO2. The van der Waals surface area contributed by atoms with E-state index in [0.29, 0.717) is 6.42 Å². The average molecular weight is 622 g/mol. The second kappa shape index (κ2) is 36.9. The van der Waals surface area contributed by atoms with Crippen molar-refractivity contribution in [3.63, 3.8) is 0 Å². The highest BCUT2D eigenvalue weighted by Crippen LogP contribution is 2.18. The summed E-state index contributed by atoms with van der Waals surface area (Å²) in [6, 6.07) is 0. The molecule has 0 spiro atoms. The zero-order chi connectivity index (χ0) is 32.2. The maximum atomic E-state index is 12.6. The number of hydrogen-bond donors (Lipinski definition) is 0. The molecule has 0 atom stereocenters. The fraction of sp³-hybridized carbons (Fsp3) is 0.976. The molecule has 0 aromatic rings. The predicted octanol–water partition coefficient (Wildman–Crippen LogP) is 13.8. The number of carbonyl (C=O) groups is 1. The lowest BCUT2D eigenvalue weighted by atomic mass is 10.0. The Morgan fingerprint density at radius 1 is 0.432 bits per heavy atom. The molecular weight excluding hydrogens is 538 g/mol. The molecule has 0 bridgehead atoms. The molecule has 3 nitrogen and oxygen atoms in total. The molecule has 44 heavy (non-hydrogen) atoms. The van der Waals surface area contributed by atoms with Crippen LogP contribution in [0.1, 0.15) is 233 Å². The van der Waals surface area contributed by atoms with Crippen LogP contribution in [-0.4, -0.2) is 36.6 Å². The van der Waals surface area contributed by atoms with E-state index in [1.807, 2.05) is 0 Å². The average Bonchev–Trinajstić information content (AvgIpc) is 3.03. The highest BCUT2D eigenvalue weighted by Gasteiger charge is 2.14. The van der Waals surface area contributed by atoms with E-state index < -0.39 is 0 Å². The molecule has 264 valence electrons. The monoisotopic (exact) mass is 622 g/mol. The van der Waals surface area contributed by atoms with Crippen molar-refractivity contribution in [1.82, 2.24) is 4.90 Å². The van der Waals surface area contributed by atoms with Gasteiger partial charge in [-0.3, -0.25) is 4.79 Å². The molecule has 0 amide bonds. The third-order valence-corrected chi connectivity index (χ3v) is 9.69. The maximum absolute atomic E-state index is 12.6. The number of esters is 1. The van der Waals surface area contributed by atoms with Crippen LogP contribution in [0.5, 0.6) is 0 Å². The third-order valence-electron chi connectivity index (χ3n) is 9.69. The fourth-order valence-electron chi connectivity index (χ4n) is 6.55. The maximum Gasteiger partial charge on any atom is 0.306 e. The fourth-order valence-corrected chi connectivity index (χ4v) is 6.55. The molecule has 0 saturated carbocycles. The van der Waals surface area contributed by atoms with E-state index in [0.717, 1.165) is 19.3 Å². The van der Waals surface area contributed by atoms with E-state index in [2.05, 4.69) is 32.6 Å². The van der Waals surface area contributed by atoms with E-state index >= 15 is 0 Å². The molecule has 0 unspecified atom stereocenters. The van der Waals surface area contributed by atoms with Crippen molar-refractivity contribution in [2.24, 2.45) is 0 Å². The molecule has 0 aromatic heterocycles. The Labute approximate surface area is 278 Å². The summed E-state index contributed by atoms with van der Waals surface area (Å²) in [5, 5.41) is 0. The number of carbonyl (C=O) groups excluding carboxylic acids is 1. The van der Waals surface area contributed by atoms with Gasteiger partial charge in [-0.25, -0.2) is 0 Å². The molecule has 0 radical (unpaired) electrons. The molecule has 0 aliphatic rings. The second-order valence-corrected chi connectivity index (χ2v) is 14.1. The Kier molecular flexibility index (Phi) is 36.4. The molecule has 0 N–H and O–H groups in total. The molecule has 0 fully saturated rings. The van der Waals surface area contributed by atoms with Crippen LogP contribution in [0.15, 0.2) is 0 Å². The van der Waals surface area contributed by atoms with Gasteiger partial charge in [-0.15, -0.1) is 0 Å². The van der Waals surface area contributed by atoms with Gasteiger partial charge in [0.2, 0.25) is 0 Å². The minimum absolute atomic E-state index is 0.0616. The summed E-state index contributed by atoms with van der Waals surface area (Å²) < 4.78 is 6.03. The van der Waals surface area contributed by atoms with Gasteiger partial charge >= 0.3 is 5.97 Å². The van der Waals surface area contributed by atoms with Gasteiger partial charge in [-0.05, 0) is 64.6 Å². The summed E-state index contributed by atoms with van der Waals surface area (Å²) in [6.45, 7) is 12.9. The first kappa shape index (κ1) is 43.4. The lowest BCUT2D eigenvalue weighted by molar-refractivity contribution is -0.150. The Bertz CT molecular complexity index is 535. The Morgan fingerprint density at radius 2 is 0.750 bits per heavy atom. The highest BCUT2D eigenvalue weighted by atomic mass is 16.5. The molecule has 0 aliphatic carbocycles. The van der Waals surface area contributed by atoms with Crippen LogP contribution in [0.3, 0.4) is 0 Å². The lowest BCUT2D eigenvalue weighted by Gasteiger charge is -2.20. The van der Waals surface area contributed by atoms with Crippen LogP contribution in [0.4, 0.5) is 0 Å². The van der Waals surface area contributed by atoms with Gasteiger partial charge in [-0.2, -0.15) is 0 Å².